The average molecular weight is 367 g/mol. The van der Waals surface area contributed by atoms with Gasteiger partial charge in [0, 0.05) is 33.0 Å². The highest BCUT2D eigenvalue weighted by molar-refractivity contribution is 9.10. The molecule has 0 aliphatic rings. The van der Waals surface area contributed by atoms with Gasteiger partial charge < -0.3 is 5.32 Å². The first-order valence-corrected chi connectivity index (χ1v) is 9.03. The van der Waals surface area contributed by atoms with Gasteiger partial charge in [0.05, 0.1) is 0 Å². The summed E-state index contributed by atoms with van der Waals surface area (Å²) in [7, 11) is 0. The SMILES string of the molecule is CCN(CC)Cc1cccc(NCc2cc(Br)c(C)s2)c1. The van der Waals surface area contributed by atoms with Crippen LogP contribution in [0.3, 0.4) is 0 Å². The van der Waals surface area contributed by atoms with E-state index in [1.807, 2.05) is 11.3 Å². The number of hydrogen-bond acceptors (Lipinski definition) is 3. The van der Waals surface area contributed by atoms with E-state index in [0.29, 0.717) is 0 Å². The summed E-state index contributed by atoms with van der Waals surface area (Å²) in [6.07, 6.45) is 0. The van der Waals surface area contributed by atoms with E-state index in [1.54, 1.807) is 0 Å². The van der Waals surface area contributed by atoms with Gasteiger partial charge in [0.1, 0.15) is 0 Å². The van der Waals surface area contributed by atoms with Crippen LogP contribution in [0.4, 0.5) is 5.69 Å². The fourth-order valence-corrected chi connectivity index (χ4v) is 3.82. The quantitative estimate of drug-likeness (QED) is 0.717. The number of thiophene rings is 1. The number of nitrogens with zero attached hydrogens (tertiary/aromatic N) is 1. The van der Waals surface area contributed by atoms with Crippen molar-refractivity contribution in [3.8, 4) is 0 Å². The zero-order chi connectivity index (χ0) is 15.2. The molecule has 114 valence electrons. The van der Waals surface area contributed by atoms with Gasteiger partial charge in [-0.25, -0.2) is 0 Å². The topological polar surface area (TPSA) is 15.3 Å². The minimum absolute atomic E-state index is 0.881. The Bertz CT molecular complexity index is 556. The minimum atomic E-state index is 0.881. The molecule has 1 aromatic carbocycles. The van der Waals surface area contributed by atoms with Crippen molar-refractivity contribution in [2.75, 3.05) is 18.4 Å². The number of halogens is 1. The summed E-state index contributed by atoms with van der Waals surface area (Å²) in [4.78, 5) is 5.12. The van der Waals surface area contributed by atoms with Crippen molar-refractivity contribution in [3.63, 3.8) is 0 Å². The van der Waals surface area contributed by atoms with Crippen molar-refractivity contribution in [2.45, 2.75) is 33.9 Å². The molecule has 2 aromatic rings. The van der Waals surface area contributed by atoms with Crippen molar-refractivity contribution < 1.29 is 0 Å². The molecular formula is C17H23BrN2S. The number of rotatable bonds is 7. The molecule has 0 aliphatic carbocycles. The van der Waals surface area contributed by atoms with E-state index in [1.165, 1.54) is 25.5 Å². The highest BCUT2D eigenvalue weighted by Gasteiger charge is 2.04. The van der Waals surface area contributed by atoms with Gasteiger partial charge in [-0.05, 0) is 59.7 Å². The summed E-state index contributed by atoms with van der Waals surface area (Å²) in [5, 5.41) is 3.52. The lowest BCUT2D eigenvalue weighted by molar-refractivity contribution is 0.296. The molecule has 2 rings (SSSR count). The molecule has 0 fully saturated rings. The number of nitrogens with one attached hydrogen (secondary N) is 1. The first kappa shape index (κ1) is 16.5. The lowest BCUT2D eigenvalue weighted by atomic mass is 10.2. The molecule has 1 aromatic heterocycles. The summed E-state index contributed by atoms with van der Waals surface area (Å²) in [5.74, 6) is 0. The molecule has 0 aliphatic heterocycles. The maximum absolute atomic E-state index is 3.57. The van der Waals surface area contributed by atoms with Crippen molar-refractivity contribution in [1.29, 1.82) is 0 Å². The Hall–Kier alpha value is -0.840. The minimum Gasteiger partial charge on any atom is -0.380 e. The van der Waals surface area contributed by atoms with E-state index in [0.717, 1.165) is 26.2 Å². The number of anilines is 1. The first-order chi connectivity index (χ1) is 10.1. The van der Waals surface area contributed by atoms with Gasteiger partial charge in [0.2, 0.25) is 0 Å². The monoisotopic (exact) mass is 366 g/mol. The Morgan fingerprint density at radius 3 is 2.57 bits per heavy atom. The van der Waals surface area contributed by atoms with Crippen LogP contribution in [-0.4, -0.2) is 18.0 Å². The maximum atomic E-state index is 3.57. The Morgan fingerprint density at radius 2 is 1.95 bits per heavy atom. The second-order valence-corrected chi connectivity index (χ2v) is 7.33. The smallest absolute Gasteiger partial charge is 0.0494 e. The van der Waals surface area contributed by atoms with Gasteiger partial charge in [-0.15, -0.1) is 11.3 Å². The molecule has 0 amide bonds. The van der Waals surface area contributed by atoms with Gasteiger partial charge >= 0.3 is 0 Å². The molecule has 0 radical (unpaired) electrons. The molecule has 0 saturated carbocycles. The summed E-state index contributed by atoms with van der Waals surface area (Å²) in [6.45, 7) is 10.7. The van der Waals surface area contributed by atoms with E-state index in [-0.39, 0.29) is 0 Å². The van der Waals surface area contributed by atoms with E-state index in [9.17, 15) is 0 Å². The zero-order valence-corrected chi connectivity index (χ0v) is 15.4. The van der Waals surface area contributed by atoms with Crippen LogP contribution in [0.15, 0.2) is 34.8 Å². The van der Waals surface area contributed by atoms with Crippen LogP contribution >= 0.6 is 27.3 Å². The van der Waals surface area contributed by atoms with Gasteiger partial charge in [-0.1, -0.05) is 26.0 Å². The van der Waals surface area contributed by atoms with Crippen LogP contribution in [0.25, 0.3) is 0 Å². The number of benzene rings is 1. The lowest BCUT2D eigenvalue weighted by Crippen LogP contribution is -2.22. The molecule has 2 nitrogen and oxygen atoms in total. The highest BCUT2D eigenvalue weighted by Crippen LogP contribution is 2.27. The van der Waals surface area contributed by atoms with E-state index >= 15 is 0 Å². The maximum Gasteiger partial charge on any atom is 0.0494 e. The molecule has 1 heterocycles. The van der Waals surface area contributed by atoms with Crippen molar-refractivity contribution in [3.05, 3.63) is 50.1 Å². The molecule has 0 unspecified atom stereocenters. The van der Waals surface area contributed by atoms with Crippen LogP contribution in [0.2, 0.25) is 0 Å². The van der Waals surface area contributed by atoms with Gasteiger partial charge in [-0.3, -0.25) is 4.90 Å². The Labute approximate surface area is 140 Å². The van der Waals surface area contributed by atoms with Crippen molar-refractivity contribution >= 4 is 33.0 Å². The number of hydrogen-bond donors (Lipinski definition) is 1. The molecule has 1 N–H and O–H groups in total. The molecule has 21 heavy (non-hydrogen) atoms. The normalized spacial score (nSPS) is 11.1. The molecule has 0 atom stereocenters. The van der Waals surface area contributed by atoms with Crippen LogP contribution in [0.5, 0.6) is 0 Å². The number of aryl methyl sites for hydroxylation is 1. The third kappa shape index (κ3) is 4.83. The molecule has 0 spiro atoms. The van der Waals surface area contributed by atoms with Crippen LogP contribution < -0.4 is 5.32 Å². The largest absolute Gasteiger partial charge is 0.380 e. The standard InChI is InChI=1S/C17H23BrN2S/c1-4-20(5-2)12-14-7-6-8-15(9-14)19-11-16-10-17(18)13(3)21-16/h6-10,19H,4-5,11-12H2,1-3H3. The first-order valence-electron chi connectivity index (χ1n) is 7.42. The lowest BCUT2D eigenvalue weighted by Gasteiger charge is -2.18. The third-order valence-electron chi connectivity index (χ3n) is 3.60. The summed E-state index contributed by atoms with van der Waals surface area (Å²) >= 11 is 5.41. The second-order valence-electron chi connectivity index (χ2n) is 5.13. The van der Waals surface area contributed by atoms with Crippen LogP contribution in [0, 0.1) is 6.92 Å². The highest BCUT2D eigenvalue weighted by atomic mass is 79.9. The van der Waals surface area contributed by atoms with Crippen molar-refractivity contribution in [1.82, 2.24) is 4.90 Å². The summed E-state index contributed by atoms with van der Waals surface area (Å²) < 4.78 is 1.21. The summed E-state index contributed by atoms with van der Waals surface area (Å²) in [5.41, 5.74) is 2.56. The van der Waals surface area contributed by atoms with Crippen molar-refractivity contribution in [2.24, 2.45) is 0 Å². The van der Waals surface area contributed by atoms with E-state index in [2.05, 4.69) is 77.2 Å². The third-order valence-corrected chi connectivity index (χ3v) is 5.74. The fourth-order valence-electron chi connectivity index (χ4n) is 2.28. The summed E-state index contributed by atoms with van der Waals surface area (Å²) in [6, 6.07) is 10.9. The van der Waals surface area contributed by atoms with Crippen LogP contribution in [-0.2, 0) is 13.1 Å². The van der Waals surface area contributed by atoms with Crippen LogP contribution in [0.1, 0.15) is 29.2 Å². The molecule has 0 bridgehead atoms. The van der Waals surface area contributed by atoms with Gasteiger partial charge in [-0.2, -0.15) is 0 Å². The zero-order valence-electron chi connectivity index (χ0n) is 12.9. The van der Waals surface area contributed by atoms with E-state index < -0.39 is 0 Å². The second kappa shape index (κ2) is 7.97. The predicted octanol–water partition coefficient (Wildman–Crippen LogP) is 5.27. The van der Waals surface area contributed by atoms with Gasteiger partial charge in [0.25, 0.3) is 0 Å². The molecular weight excluding hydrogens is 344 g/mol. The Morgan fingerprint density at radius 1 is 1.19 bits per heavy atom. The fraction of sp³-hybridized carbons (Fsp3) is 0.412. The Kier molecular flexibility index (Phi) is 6.27. The molecule has 4 heteroatoms. The van der Waals surface area contributed by atoms with Gasteiger partial charge in [0.15, 0.2) is 0 Å². The molecule has 0 saturated heterocycles. The van der Waals surface area contributed by atoms with E-state index in [4.69, 9.17) is 0 Å². The average Bonchev–Trinajstić information content (AvgIpc) is 2.82. The predicted molar refractivity (Wildman–Crippen MR) is 97.1 cm³/mol. The Balaban J connectivity index is 1.97.